The molecule has 2 N–H and O–H groups in total. The molecule has 0 atom stereocenters. The van der Waals surface area contributed by atoms with Gasteiger partial charge in [-0.3, -0.25) is 10.2 Å². The summed E-state index contributed by atoms with van der Waals surface area (Å²) < 4.78 is 11.0. The van der Waals surface area contributed by atoms with Gasteiger partial charge in [0, 0.05) is 10.5 Å². The molecular formula is C13H17BrN2O3. The highest BCUT2D eigenvalue weighted by Gasteiger charge is 2.19. The Hall–Kier alpha value is -1.27. The maximum absolute atomic E-state index is 12.1. The van der Waals surface area contributed by atoms with Crippen LogP contribution < -0.4 is 20.3 Å². The highest BCUT2D eigenvalue weighted by atomic mass is 79.9. The fourth-order valence-corrected chi connectivity index (χ4v) is 2.32. The molecule has 6 heteroatoms. The molecule has 5 nitrogen and oxygen atoms in total. The van der Waals surface area contributed by atoms with Crippen molar-refractivity contribution in [2.45, 2.75) is 25.3 Å². The minimum absolute atomic E-state index is 0.195. The van der Waals surface area contributed by atoms with Crippen LogP contribution in [0.1, 0.15) is 29.6 Å². The number of carbonyl (C=O) groups is 1. The van der Waals surface area contributed by atoms with E-state index in [-0.39, 0.29) is 5.91 Å². The highest BCUT2D eigenvalue weighted by molar-refractivity contribution is 9.10. The SMILES string of the molecule is COc1cc(Br)c(C(=O)NNC2CCC2)cc1OC. The topological polar surface area (TPSA) is 59.6 Å². The van der Waals surface area contributed by atoms with Gasteiger partial charge in [0.2, 0.25) is 0 Å². The molecule has 0 heterocycles. The second-order valence-electron chi connectivity index (χ2n) is 4.41. The molecule has 0 bridgehead atoms. The zero-order valence-electron chi connectivity index (χ0n) is 11.0. The van der Waals surface area contributed by atoms with Crippen molar-refractivity contribution in [1.82, 2.24) is 10.9 Å². The first-order valence-corrected chi connectivity index (χ1v) is 6.92. The van der Waals surface area contributed by atoms with E-state index in [4.69, 9.17) is 9.47 Å². The lowest BCUT2D eigenvalue weighted by molar-refractivity contribution is 0.0913. The van der Waals surface area contributed by atoms with Gasteiger partial charge in [-0.25, -0.2) is 5.43 Å². The number of carbonyl (C=O) groups excluding carboxylic acids is 1. The second kappa shape index (κ2) is 6.25. The quantitative estimate of drug-likeness (QED) is 0.814. The van der Waals surface area contributed by atoms with Crippen LogP contribution in [0.5, 0.6) is 11.5 Å². The van der Waals surface area contributed by atoms with E-state index < -0.39 is 0 Å². The van der Waals surface area contributed by atoms with Crippen LogP contribution >= 0.6 is 15.9 Å². The third-order valence-electron chi connectivity index (χ3n) is 3.21. The summed E-state index contributed by atoms with van der Waals surface area (Å²) in [5, 5.41) is 0. The average Bonchev–Trinajstić information content (AvgIpc) is 2.36. The molecule has 1 aromatic rings. The summed E-state index contributed by atoms with van der Waals surface area (Å²) in [7, 11) is 3.10. The number of amides is 1. The van der Waals surface area contributed by atoms with E-state index in [0.717, 1.165) is 12.8 Å². The summed E-state index contributed by atoms with van der Waals surface area (Å²) in [6.07, 6.45) is 3.42. The lowest BCUT2D eigenvalue weighted by Gasteiger charge is -2.26. The molecule has 104 valence electrons. The van der Waals surface area contributed by atoms with Crippen molar-refractivity contribution in [2.75, 3.05) is 14.2 Å². The molecule has 1 aromatic carbocycles. The summed E-state index contributed by atoms with van der Waals surface area (Å²) >= 11 is 3.37. The largest absolute Gasteiger partial charge is 0.493 e. The van der Waals surface area contributed by atoms with Gasteiger partial charge in [0.05, 0.1) is 19.8 Å². The highest BCUT2D eigenvalue weighted by Crippen LogP contribution is 2.33. The van der Waals surface area contributed by atoms with Gasteiger partial charge in [0.1, 0.15) is 0 Å². The smallest absolute Gasteiger partial charge is 0.266 e. The van der Waals surface area contributed by atoms with E-state index >= 15 is 0 Å². The Balaban J connectivity index is 2.11. The van der Waals surface area contributed by atoms with E-state index in [1.165, 1.54) is 6.42 Å². The lowest BCUT2D eigenvalue weighted by Crippen LogP contribution is -2.47. The van der Waals surface area contributed by atoms with Gasteiger partial charge in [-0.2, -0.15) is 0 Å². The Labute approximate surface area is 120 Å². The van der Waals surface area contributed by atoms with Crippen molar-refractivity contribution in [3.05, 3.63) is 22.2 Å². The molecule has 0 aliphatic heterocycles. The minimum Gasteiger partial charge on any atom is -0.493 e. The Bertz CT molecular complexity index is 475. The number of hydrogen-bond acceptors (Lipinski definition) is 4. The zero-order valence-corrected chi connectivity index (χ0v) is 12.5. The predicted octanol–water partition coefficient (Wildman–Crippen LogP) is 2.25. The third kappa shape index (κ3) is 3.19. The van der Waals surface area contributed by atoms with E-state index in [2.05, 4.69) is 26.8 Å². The van der Waals surface area contributed by atoms with E-state index in [1.54, 1.807) is 26.4 Å². The summed E-state index contributed by atoms with van der Waals surface area (Å²) in [6.45, 7) is 0. The minimum atomic E-state index is -0.195. The molecule has 0 radical (unpaired) electrons. The second-order valence-corrected chi connectivity index (χ2v) is 5.27. The summed E-state index contributed by atoms with van der Waals surface area (Å²) in [6, 6.07) is 3.76. The van der Waals surface area contributed by atoms with Gasteiger partial charge in [-0.15, -0.1) is 0 Å². The molecule has 1 aliphatic carbocycles. The number of hydrogen-bond donors (Lipinski definition) is 2. The first-order chi connectivity index (χ1) is 9.15. The van der Waals surface area contributed by atoms with Crippen molar-refractivity contribution in [3.8, 4) is 11.5 Å². The maximum Gasteiger partial charge on any atom is 0.266 e. The van der Waals surface area contributed by atoms with Crippen molar-refractivity contribution in [2.24, 2.45) is 0 Å². The summed E-state index contributed by atoms with van der Waals surface area (Å²) in [4.78, 5) is 12.1. The van der Waals surface area contributed by atoms with Crippen LogP contribution in [0, 0.1) is 0 Å². The van der Waals surface area contributed by atoms with Crippen molar-refractivity contribution >= 4 is 21.8 Å². The normalized spacial score (nSPS) is 14.7. The number of ether oxygens (including phenoxy) is 2. The van der Waals surface area contributed by atoms with Crippen molar-refractivity contribution in [3.63, 3.8) is 0 Å². The molecule has 0 unspecified atom stereocenters. The van der Waals surface area contributed by atoms with Gasteiger partial charge in [0.25, 0.3) is 5.91 Å². The first kappa shape index (κ1) is 14.1. The molecule has 2 rings (SSSR count). The van der Waals surface area contributed by atoms with Gasteiger partial charge in [-0.1, -0.05) is 6.42 Å². The molecule has 0 aromatic heterocycles. The number of rotatable bonds is 5. The molecule has 1 aliphatic rings. The van der Waals surface area contributed by atoms with Crippen LogP contribution in [0.25, 0.3) is 0 Å². The lowest BCUT2D eigenvalue weighted by atomic mass is 9.94. The van der Waals surface area contributed by atoms with E-state index in [1.807, 2.05) is 0 Å². The molecule has 1 fully saturated rings. The van der Waals surface area contributed by atoms with Crippen LogP contribution in [0.3, 0.4) is 0 Å². The molecule has 1 amide bonds. The molecule has 19 heavy (non-hydrogen) atoms. The van der Waals surface area contributed by atoms with E-state index in [9.17, 15) is 4.79 Å². The number of benzene rings is 1. The Morgan fingerprint density at radius 1 is 1.26 bits per heavy atom. The van der Waals surface area contributed by atoms with Gasteiger partial charge >= 0.3 is 0 Å². The number of nitrogens with one attached hydrogen (secondary N) is 2. The Morgan fingerprint density at radius 3 is 2.42 bits per heavy atom. The summed E-state index contributed by atoms with van der Waals surface area (Å²) in [5.74, 6) is 0.914. The van der Waals surface area contributed by atoms with Crippen LogP contribution in [0.4, 0.5) is 0 Å². The van der Waals surface area contributed by atoms with Crippen LogP contribution in [0.15, 0.2) is 16.6 Å². The standard InChI is InChI=1S/C13H17BrN2O3/c1-18-11-6-9(10(14)7-12(11)19-2)13(17)16-15-8-4-3-5-8/h6-8,15H,3-5H2,1-2H3,(H,16,17). The van der Waals surface area contributed by atoms with Gasteiger partial charge in [0.15, 0.2) is 11.5 Å². The number of methoxy groups -OCH3 is 2. The Morgan fingerprint density at radius 2 is 1.89 bits per heavy atom. The average molecular weight is 329 g/mol. The molecule has 1 saturated carbocycles. The third-order valence-corrected chi connectivity index (χ3v) is 3.87. The Kier molecular flexibility index (Phi) is 4.66. The fourth-order valence-electron chi connectivity index (χ4n) is 1.82. The van der Waals surface area contributed by atoms with Crippen LogP contribution in [-0.4, -0.2) is 26.2 Å². The number of halogens is 1. The fraction of sp³-hybridized carbons (Fsp3) is 0.462. The number of hydrazine groups is 1. The maximum atomic E-state index is 12.1. The van der Waals surface area contributed by atoms with E-state index in [0.29, 0.717) is 27.6 Å². The zero-order chi connectivity index (χ0) is 13.8. The molecular weight excluding hydrogens is 312 g/mol. The van der Waals surface area contributed by atoms with Gasteiger partial charge < -0.3 is 9.47 Å². The first-order valence-electron chi connectivity index (χ1n) is 6.13. The van der Waals surface area contributed by atoms with Gasteiger partial charge in [-0.05, 0) is 40.9 Å². The van der Waals surface area contributed by atoms with Crippen molar-refractivity contribution < 1.29 is 14.3 Å². The molecule has 0 saturated heterocycles. The van der Waals surface area contributed by atoms with Crippen molar-refractivity contribution in [1.29, 1.82) is 0 Å². The summed E-state index contributed by atoms with van der Waals surface area (Å²) in [5.41, 5.74) is 6.24. The van der Waals surface area contributed by atoms with Crippen LogP contribution in [0.2, 0.25) is 0 Å². The molecule has 0 spiro atoms. The predicted molar refractivity (Wildman–Crippen MR) is 75.5 cm³/mol. The monoisotopic (exact) mass is 328 g/mol. The van der Waals surface area contributed by atoms with Crippen LogP contribution in [-0.2, 0) is 0 Å².